The highest BCUT2D eigenvalue weighted by molar-refractivity contribution is 5.51. The summed E-state index contributed by atoms with van der Waals surface area (Å²) in [6.07, 6.45) is 6.32. The zero-order valence-corrected chi connectivity index (χ0v) is 28.1. The fourth-order valence-electron chi connectivity index (χ4n) is 6.77. The lowest BCUT2D eigenvalue weighted by atomic mass is 9.77. The molecule has 240 valence electrons. The molecule has 0 bridgehead atoms. The van der Waals surface area contributed by atoms with Crippen LogP contribution in [0.1, 0.15) is 107 Å². The summed E-state index contributed by atoms with van der Waals surface area (Å²) >= 11 is 0. The first-order chi connectivity index (χ1) is 20.8. The van der Waals surface area contributed by atoms with Gasteiger partial charge in [-0.25, -0.2) is 8.78 Å². The van der Waals surface area contributed by atoms with Crippen molar-refractivity contribution in [1.82, 2.24) is 4.90 Å². The smallest absolute Gasteiger partial charge is 0.126 e. The van der Waals surface area contributed by atoms with Gasteiger partial charge in [-0.3, -0.25) is 0 Å². The standard InChI is InChI=1S/C39H54F2N2O/c1-38(2,3)34-23-27(24-35(37(34)44-7)39(4,5)6)25-36(42)30-20-22-43(26-30)21-10-8-9-11-33(28-12-16-31(40)17-13-28)29-14-18-32(41)19-15-29/h12-19,23-24,30,33,36H,8-11,20-22,25-26,42H2,1-7H3/t30?,36-/m0/s1. The maximum Gasteiger partial charge on any atom is 0.126 e. The number of ether oxygens (including phenoxy) is 1. The quantitative estimate of drug-likeness (QED) is 0.210. The van der Waals surface area contributed by atoms with E-state index in [0.29, 0.717) is 5.92 Å². The molecule has 1 unspecified atom stereocenters. The van der Waals surface area contributed by atoms with Crippen LogP contribution < -0.4 is 10.5 Å². The predicted octanol–water partition coefficient (Wildman–Crippen LogP) is 9.15. The van der Waals surface area contributed by atoms with E-state index in [0.717, 1.165) is 75.0 Å². The molecule has 3 aromatic carbocycles. The number of unbranched alkanes of at least 4 members (excludes halogenated alkanes) is 2. The molecule has 1 fully saturated rings. The van der Waals surface area contributed by atoms with Crippen molar-refractivity contribution in [3.63, 3.8) is 0 Å². The molecule has 5 heteroatoms. The first-order valence-electron chi connectivity index (χ1n) is 16.5. The van der Waals surface area contributed by atoms with Crippen LogP contribution >= 0.6 is 0 Å². The van der Waals surface area contributed by atoms with Crippen LogP contribution in [0.15, 0.2) is 60.7 Å². The summed E-state index contributed by atoms with van der Waals surface area (Å²) in [6.45, 7) is 16.8. The number of likely N-dealkylation sites (tertiary alicyclic amines) is 1. The number of benzene rings is 3. The van der Waals surface area contributed by atoms with E-state index in [2.05, 4.69) is 58.6 Å². The van der Waals surface area contributed by atoms with Crippen molar-refractivity contribution in [3.05, 3.63) is 100 Å². The van der Waals surface area contributed by atoms with Crippen molar-refractivity contribution in [2.45, 2.75) is 103 Å². The Bertz CT molecular complexity index is 1260. The molecule has 1 aliphatic rings. The lowest BCUT2D eigenvalue weighted by molar-refractivity contribution is 0.303. The maximum absolute atomic E-state index is 13.6. The lowest BCUT2D eigenvalue weighted by Crippen LogP contribution is -2.35. The van der Waals surface area contributed by atoms with E-state index in [1.807, 2.05) is 24.3 Å². The summed E-state index contributed by atoms with van der Waals surface area (Å²) in [4.78, 5) is 2.58. The number of rotatable bonds is 12. The molecular formula is C39H54F2N2O. The fraction of sp³-hybridized carbons (Fsp3) is 0.538. The van der Waals surface area contributed by atoms with E-state index >= 15 is 0 Å². The van der Waals surface area contributed by atoms with Gasteiger partial charge >= 0.3 is 0 Å². The minimum atomic E-state index is -0.233. The van der Waals surface area contributed by atoms with Crippen molar-refractivity contribution >= 4 is 0 Å². The summed E-state index contributed by atoms with van der Waals surface area (Å²) in [5, 5.41) is 0. The fourth-order valence-corrected chi connectivity index (χ4v) is 6.77. The van der Waals surface area contributed by atoms with E-state index in [1.165, 1.54) is 41.0 Å². The molecule has 4 rings (SSSR count). The Hall–Kier alpha value is -2.76. The Balaban J connectivity index is 1.30. The Morgan fingerprint density at radius 1 is 0.818 bits per heavy atom. The van der Waals surface area contributed by atoms with Crippen LogP contribution in [0.25, 0.3) is 0 Å². The van der Waals surface area contributed by atoms with Crippen LogP contribution in [0, 0.1) is 17.6 Å². The molecule has 0 amide bonds. The molecule has 0 aromatic heterocycles. The number of methoxy groups -OCH3 is 1. The predicted molar refractivity (Wildman–Crippen MR) is 180 cm³/mol. The Labute approximate surface area is 265 Å². The third kappa shape index (κ3) is 8.91. The monoisotopic (exact) mass is 604 g/mol. The van der Waals surface area contributed by atoms with Gasteiger partial charge in [-0.15, -0.1) is 0 Å². The molecule has 1 saturated heterocycles. The van der Waals surface area contributed by atoms with Gasteiger partial charge in [-0.2, -0.15) is 0 Å². The molecular weight excluding hydrogens is 550 g/mol. The summed E-state index contributed by atoms with van der Waals surface area (Å²) in [5.41, 5.74) is 12.8. The molecule has 2 atom stereocenters. The van der Waals surface area contributed by atoms with Gasteiger partial charge < -0.3 is 15.4 Å². The highest BCUT2D eigenvalue weighted by Gasteiger charge is 2.30. The molecule has 44 heavy (non-hydrogen) atoms. The molecule has 1 heterocycles. The van der Waals surface area contributed by atoms with Crippen LogP contribution in [0.5, 0.6) is 5.75 Å². The molecule has 0 radical (unpaired) electrons. The summed E-state index contributed by atoms with van der Waals surface area (Å²) in [5.74, 6) is 1.18. The third-order valence-electron chi connectivity index (χ3n) is 9.37. The summed E-state index contributed by atoms with van der Waals surface area (Å²) in [7, 11) is 1.79. The van der Waals surface area contributed by atoms with E-state index in [9.17, 15) is 8.78 Å². The first-order valence-corrected chi connectivity index (χ1v) is 16.5. The minimum Gasteiger partial charge on any atom is -0.496 e. The molecule has 3 aromatic rings. The van der Waals surface area contributed by atoms with Gasteiger partial charge in [0, 0.05) is 29.6 Å². The average Bonchev–Trinajstić information content (AvgIpc) is 3.44. The molecule has 0 spiro atoms. The highest BCUT2D eigenvalue weighted by atomic mass is 19.1. The van der Waals surface area contributed by atoms with Crippen LogP contribution in [-0.4, -0.2) is 37.7 Å². The number of halogens is 2. The van der Waals surface area contributed by atoms with Crippen LogP contribution in [0.2, 0.25) is 0 Å². The molecule has 0 aliphatic carbocycles. The lowest BCUT2D eigenvalue weighted by Gasteiger charge is -2.30. The zero-order chi connectivity index (χ0) is 32.1. The van der Waals surface area contributed by atoms with E-state index in [4.69, 9.17) is 10.5 Å². The molecule has 0 saturated carbocycles. The van der Waals surface area contributed by atoms with Crippen molar-refractivity contribution in [3.8, 4) is 5.75 Å². The second-order valence-corrected chi connectivity index (χ2v) is 14.9. The topological polar surface area (TPSA) is 38.5 Å². The van der Waals surface area contributed by atoms with Gasteiger partial charge in [0.2, 0.25) is 0 Å². The van der Waals surface area contributed by atoms with Crippen molar-refractivity contribution in [2.75, 3.05) is 26.7 Å². The number of hydrogen-bond donors (Lipinski definition) is 1. The van der Waals surface area contributed by atoms with Crippen molar-refractivity contribution < 1.29 is 13.5 Å². The van der Waals surface area contributed by atoms with Crippen molar-refractivity contribution in [1.29, 1.82) is 0 Å². The number of hydrogen-bond acceptors (Lipinski definition) is 3. The first kappa shape index (κ1) is 34.1. The summed E-state index contributed by atoms with van der Waals surface area (Å²) < 4.78 is 33.1. The SMILES string of the molecule is COc1c(C(C)(C)C)cc(C[C@H](N)C2CCN(CCCCCC(c3ccc(F)cc3)c3ccc(F)cc3)C2)cc1C(C)(C)C. The summed E-state index contributed by atoms with van der Waals surface area (Å²) in [6, 6.07) is 18.3. The minimum absolute atomic E-state index is 0.0202. The second-order valence-electron chi connectivity index (χ2n) is 14.9. The van der Waals surface area contributed by atoms with E-state index in [1.54, 1.807) is 7.11 Å². The average molecular weight is 605 g/mol. The third-order valence-corrected chi connectivity index (χ3v) is 9.37. The molecule has 1 aliphatic heterocycles. The molecule has 2 N–H and O–H groups in total. The normalized spacial score (nSPS) is 16.9. The molecule has 3 nitrogen and oxygen atoms in total. The van der Waals surface area contributed by atoms with Crippen LogP contribution in [0.4, 0.5) is 8.78 Å². The van der Waals surface area contributed by atoms with Gasteiger partial charge in [0.15, 0.2) is 0 Å². The Kier molecular flexibility index (Phi) is 11.3. The van der Waals surface area contributed by atoms with E-state index < -0.39 is 0 Å². The number of nitrogens with two attached hydrogens (primary N) is 1. The largest absolute Gasteiger partial charge is 0.496 e. The van der Waals surface area contributed by atoms with Crippen LogP contribution in [-0.2, 0) is 17.3 Å². The van der Waals surface area contributed by atoms with E-state index in [-0.39, 0.29) is 34.4 Å². The highest BCUT2D eigenvalue weighted by Crippen LogP contribution is 2.41. The van der Waals surface area contributed by atoms with Gasteiger partial charge in [-0.05, 0) is 96.5 Å². The second kappa shape index (κ2) is 14.6. The van der Waals surface area contributed by atoms with Gasteiger partial charge in [0.1, 0.15) is 17.4 Å². The van der Waals surface area contributed by atoms with Crippen LogP contribution in [0.3, 0.4) is 0 Å². The van der Waals surface area contributed by atoms with Gasteiger partial charge in [0.25, 0.3) is 0 Å². The maximum atomic E-state index is 13.6. The number of nitrogens with zero attached hydrogens (tertiary/aromatic N) is 1. The Morgan fingerprint density at radius 2 is 1.34 bits per heavy atom. The van der Waals surface area contributed by atoms with Gasteiger partial charge in [-0.1, -0.05) is 90.8 Å². The van der Waals surface area contributed by atoms with Crippen molar-refractivity contribution in [2.24, 2.45) is 11.7 Å². The Morgan fingerprint density at radius 3 is 1.82 bits per heavy atom. The zero-order valence-electron chi connectivity index (χ0n) is 28.1. The van der Waals surface area contributed by atoms with Gasteiger partial charge in [0.05, 0.1) is 7.11 Å².